The van der Waals surface area contributed by atoms with Crippen molar-refractivity contribution in [2.24, 2.45) is 10.8 Å². The van der Waals surface area contributed by atoms with E-state index >= 15 is 26.3 Å². The Bertz CT molecular complexity index is 4040. The van der Waals surface area contributed by atoms with E-state index in [1.54, 1.807) is 76.2 Å². The number of imide groups is 2. The van der Waals surface area contributed by atoms with Crippen molar-refractivity contribution in [1.29, 1.82) is 0 Å². The third-order valence-electron chi connectivity index (χ3n) is 14.4. The molecule has 4 amide bonds. The fourth-order valence-corrected chi connectivity index (χ4v) is 9.50. The number of nitrogens with zero attached hydrogens (tertiary/aromatic N) is 8. The zero-order valence-corrected chi connectivity index (χ0v) is 61.1. The lowest BCUT2D eigenvalue weighted by atomic mass is 9.89. The number of amides is 4. The van der Waals surface area contributed by atoms with Crippen molar-refractivity contribution in [1.82, 2.24) is 30.4 Å². The van der Waals surface area contributed by atoms with Crippen molar-refractivity contribution < 1.29 is 119 Å². The number of carbonyl (C=O) groups excluding carboxylic acids is 4. The van der Waals surface area contributed by atoms with Gasteiger partial charge in [-0.05, 0) is 119 Å². The Labute approximate surface area is 603 Å². The van der Waals surface area contributed by atoms with Crippen LogP contribution in [0.4, 0.5) is 83.2 Å². The Hall–Kier alpha value is -9.60. The number of hydrogen-bond donors (Lipinski definition) is 0. The predicted octanol–water partition coefficient (Wildman–Crippen LogP) is 19.9. The van der Waals surface area contributed by atoms with E-state index in [-0.39, 0.29) is 22.8 Å². The van der Waals surface area contributed by atoms with Gasteiger partial charge in [0.15, 0.2) is 11.4 Å². The number of aromatic nitrogens is 6. The lowest BCUT2D eigenvalue weighted by Crippen LogP contribution is -2.45. The summed E-state index contributed by atoms with van der Waals surface area (Å²) >= 11 is 0. The molecular weight excluding hydrogens is 1430 g/mol. The predicted molar refractivity (Wildman–Crippen MR) is 359 cm³/mol. The first-order valence-corrected chi connectivity index (χ1v) is 32.6. The lowest BCUT2D eigenvalue weighted by molar-refractivity contribution is -0.296. The van der Waals surface area contributed by atoms with E-state index in [9.17, 15) is 45.5 Å². The quantitative estimate of drug-likeness (QED) is 0.0467. The van der Waals surface area contributed by atoms with Crippen molar-refractivity contribution in [2.45, 2.75) is 208 Å². The van der Waals surface area contributed by atoms with Gasteiger partial charge in [-0.1, -0.05) is 113 Å². The molecule has 0 radical (unpaired) electrons. The van der Waals surface area contributed by atoms with Crippen LogP contribution in [0.3, 0.4) is 0 Å². The fraction of sp³-hybridized carbons (Fsp3) is 0.500. The summed E-state index contributed by atoms with van der Waals surface area (Å²) in [4.78, 5) is 62.7. The van der Waals surface area contributed by atoms with Gasteiger partial charge >= 0.3 is 49.1 Å². The topological polar surface area (TPSA) is 252 Å². The van der Waals surface area contributed by atoms with Crippen LogP contribution in [0.1, 0.15) is 170 Å². The van der Waals surface area contributed by atoms with Gasteiger partial charge in [0, 0.05) is 23.7 Å². The second kappa shape index (κ2) is 32.2. The number of fused-ring (bicyclic) bond motifs is 5. The van der Waals surface area contributed by atoms with Gasteiger partial charge in [-0.3, -0.25) is 0 Å². The Morgan fingerprint density at radius 1 is 0.547 bits per heavy atom. The van der Waals surface area contributed by atoms with Crippen molar-refractivity contribution in [3.8, 4) is 34.9 Å². The Balaban J connectivity index is 0.000000332. The molecule has 2 aromatic carbocycles. The molecule has 2 atom stereocenters. The highest BCUT2D eigenvalue weighted by Crippen LogP contribution is 2.51. The molecule has 0 unspecified atom stereocenters. The molecule has 7 rings (SSSR count). The van der Waals surface area contributed by atoms with Gasteiger partial charge in [-0.2, -0.15) is 62.5 Å². The van der Waals surface area contributed by atoms with E-state index < -0.39 is 195 Å². The van der Waals surface area contributed by atoms with Crippen molar-refractivity contribution >= 4 is 35.7 Å². The van der Waals surface area contributed by atoms with Gasteiger partial charge in [-0.25, -0.2) is 29.1 Å². The summed E-state index contributed by atoms with van der Waals surface area (Å²) in [6.45, 7) is 29.0. The maximum absolute atomic E-state index is 15.3. The standard InChI is InChI=1S/C37H44F6N4O7.C35H40F6N4O7/c1-11-18-34(9,10)22-50-27-24(36(38,39)40)20-25(47(30(48)53-32(3,4)5)31(49)54-33(6,7)8)26(44-27)28-45-46-29(52-28)35(19-12-2,37(41,42)43)51-21-23-16-14-13-15-17-23;1-30(2,3)51-28(46)45(29(47)52-31(4,5)6)23-18-22(34(36,37)38)25-42-24(23)26-43-44-27(50-26)33(35(39,40)41,49-19-21-14-10-9-11-15-21)17-13-12-16-32(7,8)20-48-25/h11-17,20H,1-2,18-19,21-22H2,3-10H3;9-15,18H,16-17,19-20H2,1-8H3/t35-;33-/m11/s1. The van der Waals surface area contributed by atoms with Crippen molar-refractivity contribution in [2.75, 3.05) is 23.0 Å². The van der Waals surface area contributed by atoms with Crippen LogP contribution < -0.4 is 19.3 Å². The minimum atomic E-state index is -5.22. The number of allylic oxidation sites excluding steroid dienone is 2. The molecule has 4 bridgehead atoms. The summed E-state index contributed by atoms with van der Waals surface area (Å²) < 4.78 is 234. The van der Waals surface area contributed by atoms with E-state index in [4.69, 9.17) is 46.7 Å². The third-order valence-corrected chi connectivity index (χ3v) is 14.4. The largest absolute Gasteiger partial charge is 0.477 e. The maximum Gasteiger partial charge on any atom is 0.426 e. The molecule has 0 saturated heterocycles. The summed E-state index contributed by atoms with van der Waals surface area (Å²) in [6, 6.07) is 16.5. The number of anilines is 2. The number of carbonyl (C=O) groups is 4. The number of alkyl halides is 12. The van der Waals surface area contributed by atoms with Crippen LogP contribution in [-0.4, -0.2) is 103 Å². The molecule has 0 N–H and O–H groups in total. The van der Waals surface area contributed by atoms with E-state index in [0.29, 0.717) is 29.7 Å². The average molecular weight is 1510 g/mol. The Morgan fingerprint density at radius 2 is 0.981 bits per heavy atom. The molecule has 22 nitrogen and oxygen atoms in total. The minimum Gasteiger partial charge on any atom is -0.477 e. The highest BCUT2D eigenvalue weighted by Gasteiger charge is 2.62. The molecule has 4 aromatic heterocycles. The van der Waals surface area contributed by atoms with Crippen LogP contribution in [0.15, 0.2) is 119 Å². The first-order chi connectivity index (χ1) is 48.6. The highest BCUT2D eigenvalue weighted by atomic mass is 19.4. The van der Waals surface area contributed by atoms with E-state index in [2.05, 4.69) is 43.5 Å². The lowest BCUT2D eigenvalue weighted by Gasteiger charge is -2.32. The number of pyridine rings is 2. The van der Waals surface area contributed by atoms with E-state index in [0.717, 1.165) is 6.08 Å². The molecule has 1 aliphatic heterocycles. The Morgan fingerprint density at radius 3 is 1.42 bits per heavy atom. The fourth-order valence-electron chi connectivity index (χ4n) is 9.50. The van der Waals surface area contributed by atoms with Gasteiger partial charge < -0.3 is 46.7 Å². The molecule has 1 aliphatic rings. The number of ether oxygens (including phenoxy) is 8. The van der Waals surface area contributed by atoms with E-state index in [1.807, 2.05) is 0 Å². The van der Waals surface area contributed by atoms with Gasteiger partial charge in [0.1, 0.15) is 33.5 Å². The second-order valence-electron chi connectivity index (χ2n) is 29.8. The van der Waals surface area contributed by atoms with Gasteiger partial charge in [0.2, 0.25) is 23.0 Å². The first-order valence-electron chi connectivity index (χ1n) is 32.6. The molecule has 0 fully saturated rings. The van der Waals surface area contributed by atoms with Gasteiger partial charge in [-0.15, -0.1) is 33.6 Å². The molecule has 106 heavy (non-hydrogen) atoms. The molecule has 0 saturated carbocycles. The monoisotopic (exact) mass is 1510 g/mol. The molecule has 6 aromatic rings. The molecule has 5 heterocycles. The van der Waals surface area contributed by atoms with Crippen LogP contribution in [-0.2, 0) is 65.2 Å². The zero-order valence-electron chi connectivity index (χ0n) is 61.1. The number of hydrogen-bond acceptors (Lipinski definition) is 20. The highest BCUT2D eigenvalue weighted by molar-refractivity contribution is 6.12. The summed E-state index contributed by atoms with van der Waals surface area (Å²) in [5, 5.41) is 14.7. The number of benzene rings is 2. The first kappa shape index (κ1) is 85.3. The zero-order chi connectivity index (χ0) is 79.8. The maximum atomic E-state index is 15.3. The normalized spacial score (nSPS) is 16.0. The van der Waals surface area contributed by atoms with Crippen LogP contribution in [0.5, 0.6) is 11.8 Å². The smallest absolute Gasteiger partial charge is 0.426 e. The summed E-state index contributed by atoms with van der Waals surface area (Å²) in [6.07, 6.45) is -23.2. The van der Waals surface area contributed by atoms with Gasteiger partial charge in [0.05, 0.1) is 37.8 Å². The number of rotatable bonds is 17. The van der Waals surface area contributed by atoms with Crippen LogP contribution in [0.25, 0.3) is 23.2 Å². The molecular formula is C72H84F12N8O14. The van der Waals surface area contributed by atoms with Gasteiger partial charge in [0.25, 0.3) is 23.6 Å². The number of halogens is 12. The molecule has 0 spiro atoms. The average Bonchev–Trinajstić information content (AvgIpc) is 1.50. The second-order valence-corrected chi connectivity index (χ2v) is 29.8. The molecule has 580 valence electrons. The van der Waals surface area contributed by atoms with Crippen LogP contribution >= 0.6 is 0 Å². The Kier molecular flexibility index (Phi) is 25.9. The summed E-state index contributed by atoms with van der Waals surface area (Å²) in [5.41, 5.74) is -19.4. The molecule has 0 aliphatic carbocycles. The molecule has 34 heteroatoms. The summed E-state index contributed by atoms with van der Waals surface area (Å²) in [5.74, 6) is -6.25. The van der Waals surface area contributed by atoms with Crippen molar-refractivity contribution in [3.63, 3.8) is 0 Å². The third kappa shape index (κ3) is 22.5. The van der Waals surface area contributed by atoms with Crippen LogP contribution in [0, 0.1) is 10.8 Å². The SMILES string of the molecule is C=CCC(C)(C)COc1nc(-c2nnc([C@@](CC=C)(OCc3ccccc3)C(F)(F)F)o2)c(N(C(=O)OC(C)(C)C)C(=O)OC(C)(C)C)cc1C(F)(F)F.CC1(C)CC=CC[C@](OCc2ccccc2)(C(F)(F)F)c2nnc(o2)-c2nc(c(C(F)(F)F)cc2N(C(=O)OC(C)(C)C)C(=O)OC(C)(C)C)OC1. The van der Waals surface area contributed by atoms with E-state index in [1.165, 1.54) is 113 Å². The minimum absolute atomic E-state index is 0.0616. The van der Waals surface area contributed by atoms with Crippen molar-refractivity contribution in [3.05, 3.63) is 144 Å². The van der Waals surface area contributed by atoms with Crippen LogP contribution in [0.2, 0.25) is 0 Å². The summed E-state index contributed by atoms with van der Waals surface area (Å²) in [7, 11) is 0.